The minimum Gasteiger partial charge on any atom is -0.490 e. The molecule has 0 aliphatic rings. The molecule has 150 valence electrons. The average Bonchev–Trinajstić information content (AvgIpc) is 2.67. The summed E-state index contributed by atoms with van der Waals surface area (Å²) < 4.78 is 11.5. The van der Waals surface area contributed by atoms with Crippen LogP contribution >= 0.6 is 23.2 Å². The summed E-state index contributed by atoms with van der Waals surface area (Å²) in [5.41, 5.74) is 4.02. The lowest BCUT2D eigenvalue weighted by Gasteiger charge is -2.14. The van der Waals surface area contributed by atoms with Gasteiger partial charge in [-0.15, -0.1) is 0 Å². The monoisotopic (exact) mass is 422 g/mol. The first kappa shape index (κ1) is 22.1. The van der Waals surface area contributed by atoms with Crippen LogP contribution in [0.1, 0.15) is 44.2 Å². The maximum atomic E-state index is 11.6. The first-order valence-electron chi connectivity index (χ1n) is 9.19. The number of carbonyl (C=O) groups is 1. The summed E-state index contributed by atoms with van der Waals surface area (Å²) in [6.45, 7) is 4.63. The van der Waals surface area contributed by atoms with Crippen molar-refractivity contribution >= 4 is 35.3 Å². The Labute approximate surface area is 175 Å². The van der Waals surface area contributed by atoms with Crippen molar-refractivity contribution in [3.8, 4) is 11.5 Å². The van der Waals surface area contributed by atoms with Gasteiger partial charge >= 0.3 is 0 Å². The molecule has 1 amide bonds. The molecule has 0 atom stereocenters. The number of ether oxygens (including phenoxy) is 2. The molecule has 0 aliphatic heterocycles. The predicted octanol–water partition coefficient (Wildman–Crippen LogP) is 5.61. The molecule has 0 unspecified atom stereocenters. The number of hydrazone groups is 1. The van der Waals surface area contributed by atoms with E-state index in [1.807, 2.05) is 19.9 Å². The Morgan fingerprint density at radius 1 is 1.11 bits per heavy atom. The van der Waals surface area contributed by atoms with E-state index in [0.29, 0.717) is 40.1 Å². The fraction of sp³-hybridized carbons (Fsp3) is 0.333. The largest absolute Gasteiger partial charge is 0.490 e. The molecular formula is C21H24Cl2N2O3. The lowest BCUT2D eigenvalue weighted by molar-refractivity contribution is -0.121. The second kappa shape index (κ2) is 11.6. The van der Waals surface area contributed by atoms with Crippen LogP contribution in [0.5, 0.6) is 11.5 Å². The Balaban J connectivity index is 2.06. The number of halogens is 2. The van der Waals surface area contributed by atoms with Crippen molar-refractivity contribution in [3.05, 3.63) is 57.6 Å². The van der Waals surface area contributed by atoms with Crippen LogP contribution in [0, 0.1) is 0 Å². The van der Waals surface area contributed by atoms with E-state index >= 15 is 0 Å². The third kappa shape index (κ3) is 6.73. The number of amides is 1. The van der Waals surface area contributed by atoms with Gasteiger partial charge in [0.1, 0.15) is 6.61 Å². The summed E-state index contributed by atoms with van der Waals surface area (Å²) in [5.74, 6) is 1.05. The molecule has 0 radical (unpaired) electrons. The SMILES string of the molecule is CCCCC(=O)N/N=C/c1ccc(OCc2c(Cl)cccc2Cl)c(OCC)c1. The lowest BCUT2D eigenvalue weighted by Crippen LogP contribution is -2.16. The molecule has 0 aromatic heterocycles. The molecule has 0 bridgehead atoms. The van der Waals surface area contributed by atoms with Crippen molar-refractivity contribution in [3.63, 3.8) is 0 Å². The van der Waals surface area contributed by atoms with E-state index < -0.39 is 0 Å². The van der Waals surface area contributed by atoms with Gasteiger partial charge in [-0.05, 0) is 49.2 Å². The van der Waals surface area contributed by atoms with Crippen molar-refractivity contribution in [1.82, 2.24) is 5.43 Å². The van der Waals surface area contributed by atoms with Crippen LogP contribution in [0.4, 0.5) is 0 Å². The third-order valence-electron chi connectivity index (χ3n) is 3.86. The molecule has 2 aromatic rings. The van der Waals surface area contributed by atoms with Gasteiger partial charge in [0, 0.05) is 22.0 Å². The molecular weight excluding hydrogens is 399 g/mol. The predicted molar refractivity (Wildman–Crippen MR) is 114 cm³/mol. The fourth-order valence-electron chi connectivity index (χ4n) is 2.38. The molecule has 0 spiro atoms. The summed E-state index contributed by atoms with van der Waals surface area (Å²) in [5, 5.41) is 5.08. The molecule has 0 fully saturated rings. The smallest absolute Gasteiger partial charge is 0.240 e. The quantitative estimate of drug-likeness (QED) is 0.399. The average molecular weight is 423 g/mol. The van der Waals surface area contributed by atoms with Gasteiger partial charge < -0.3 is 9.47 Å². The standard InChI is InChI=1S/C21H24Cl2N2O3/c1-3-5-9-21(26)25-24-13-15-10-11-19(20(12-15)27-4-2)28-14-16-17(22)7-6-8-18(16)23/h6-8,10-13H,3-5,9,14H2,1-2H3,(H,25,26)/b24-13+. The third-order valence-corrected chi connectivity index (χ3v) is 4.57. The maximum Gasteiger partial charge on any atom is 0.240 e. The van der Waals surface area contributed by atoms with E-state index in [2.05, 4.69) is 10.5 Å². The highest BCUT2D eigenvalue weighted by Gasteiger charge is 2.10. The highest BCUT2D eigenvalue weighted by Crippen LogP contribution is 2.31. The molecule has 7 heteroatoms. The minimum absolute atomic E-state index is 0.0975. The van der Waals surface area contributed by atoms with Gasteiger partial charge in [0.15, 0.2) is 11.5 Å². The number of carbonyl (C=O) groups excluding carboxylic acids is 1. The van der Waals surface area contributed by atoms with Gasteiger partial charge in [-0.3, -0.25) is 4.79 Å². The molecule has 2 rings (SSSR count). The molecule has 0 heterocycles. The van der Waals surface area contributed by atoms with E-state index in [1.54, 1.807) is 36.5 Å². The van der Waals surface area contributed by atoms with Crippen LogP contribution in [-0.4, -0.2) is 18.7 Å². The van der Waals surface area contributed by atoms with Gasteiger partial charge in [-0.25, -0.2) is 5.43 Å². The second-order valence-corrected chi connectivity index (χ2v) is 6.84. The summed E-state index contributed by atoms with van der Waals surface area (Å²) in [6, 6.07) is 10.7. The Hall–Kier alpha value is -2.24. The molecule has 5 nitrogen and oxygen atoms in total. The van der Waals surface area contributed by atoms with Crippen LogP contribution in [0.25, 0.3) is 0 Å². The fourth-order valence-corrected chi connectivity index (χ4v) is 2.89. The summed E-state index contributed by atoms with van der Waals surface area (Å²) >= 11 is 12.4. The normalized spacial score (nSPS) is 10.9. The van der Waals surface area contributed by atoms with Crippen molar-refractivity contribution in [2.24, 2.45) is 5.10 Å². The number of hydrogen-bond acceptors (Lipinski definition) is 4. The number of rotatable bonds is 10. The van der Waals surface area contributed by atoms with Crippen LogP contribution in [-0.2, 0) is 11.4 Å². The summed E-state index contributed by atoms with van der Waals surface area (Å²) in [7, 11) is 0. The van der Waals surface area contributed by atoms with E-state index in [0.717, 1.165) is 18.4 Å². The Morgan fingerprint density at radius 3 is 2.54 bits per heavy atom. The van der Waals surface area contributed by atoms with Crippen molar-refractivity contribution in [1.29, 1.82) is 0 Å². The minimum atomic E-state index is -0.0975. The molecule has 0 saturated heterocycles. The van der Waals surface area contributed by atoms with Gasteiger partial charge in [-0.1, -0.05) is 42.6 Å². The van der Waals surface area contributed by atoms with Crippen molar-refractivity contribution in [2.45, 2.75) is 39.7 Å². The highest BCUT2D eigenvalue weighted by molar-refractivity contribution is 6.35. The van der Waals surface area contributed by atoms with E-state index in [4.69, 9.17) is 32.7 Å². The zero-order valence-corrected chi connectivity index (χ0v) is 17.5. The van der Waals surface area contributed by atoms with E-state index in [9.17, 15) is 4.79 Å². The molecule has 0 aliphatic carbocycles. The molecule has 2 aromatic carbocycles. The van der Waals surface area contributed by atoms with Gasteiger partial charge in [-0.2, -0.15) is 5.10 Å². The van der Waals surface area contributed by atoms with Gasteiger partial charge in [0.2, 0.25) is 5.91 Å². The highest BCUT2D eigenvalue weighted by atomic mass is 35.5. The number of hydrogen-bond donors (Lipinski definition) is 1. The van der Waals surface area contributed by atoms with Gasteiger partial charge in [0.25, 0.3) is 0 Å². The number of unbranched alkanes of at least 4 members (excludes halogenated alkanes) is 1. The van der Waals surface area contributed by atoms with Crippen molar-refractivity contribution < 1.29 is 14.3 Å². The van der Waals surface area contributed by atoms with E-state index in [-0.39, 0.29) is 12.5 Å². The molecule has 1 N–H and O–H groups in total. The lowest BCUT2D eigenvalue weighted by atomic mass is 10.2. The van der Waals surface area contributed by atoms with Crippen molar-refractivity contribution in [2.75, 3.05) is 6.61 Å². The van der Waals surface area contributed by atoms with Crippen LogP contribution in [0.2, 0.25) is 10.0 Å². The molecule has 28 heavy (non-hydrogen) atoms. The number of benzene rings is 2. The first-order valence-corrected chi connectivity index (χ1v) is 9.95. The van der Waals surface area contributed by atoms with Gasteiger partial charge in [0.05, 0.1) is 12.8 Å². The topological polar surface area (TPSA) is 59.9 Å². The van der Waals surface area contributed by atoms with E-state index in [1.165, 1.54) is 0 Å². The Morgan fingerprint density at radius 2 is 1.86 bits per heavy atom. The van der Waals surface area contributed by atoms with Crippen LogP contribution in [0.3, 0.4) is 0 Å². The summed E-state index contributed by atoms with van der Waals surface area (Å²) in [6.07, 6.45) is 3.85. The molecule has 0 saturated carbocycles. The number of nitrogens with zero attached hydrogens (tertiary/aromatic N) is 1. The first-order chi connectivity index (χ1) is 13.5. The second-order valence-electron chi connectivity index (χ2n) is 6.02. The zero-order valence-electron chi connectivity index (χ0n) is 16.0. The zero-order chi connectivity index (χ0) is 20.4. The summed E-state index contributed by atoms with van der Waals surface area (Å²) in [4.78, 5) is 11.6. The maximum absolute atomic E-state index is 11.6. The number of nitrogens with one attached hydrogen (secondary N) is 1. The van der Waals surface area contributed by atoms with Crippen LogP contribution < -0.4 is 14.9 Å². The van der Waals surface area contributed by atoms with Crippen LogP contribution in [0.15, 0.2) is 41.5 Å². The Kier molecular flexibility index (Phi) is 9.11. The Bertz CT molecular complexity index is 805.